The van der Waals surface area contributed by atoms with E-state index in [4.69, 9.17) is 9.47 Å². The fraction of sp³-hybridized carbons (Fsp3) is 0.368. The lowest BCUT2D eigenvalue weighted by Gasteiger charge is -2.36. The van der Waals surface area contributed by atoms with Crippen LogP contribution in [0, 0.1) is 6.92 Å². The highest BCUT2D eigenvalue weighted by Gasteiger charge is 2.30. The lowest BCUT2D eigenvalue weighted by atomic mass is 9.98. The van der Waals surface area contributed by atoms with Gasteiger partial charge in [-0.3, -0.25) is 19.4 Å². The summed E-state index contributed by atoms with van der Waals surface area (Å²) in [7, 11) is 1.64. The van der Waals surface area contributed by atoms with Crippen LogP contribution >= 0.6 is 0 Å². The molecule has 0 unspecified atom stereocenters. The van der Waals surface area contributed by atoms with Crippen molar-refractivity contribution in [3.63, 3.8) is 0 Å². The monoisotopic (exact) mass is 633 g/mol. The second-order valence-electron chi connectivity index (χ2n) is 12.6. The zero-order chi connectivity index (χ0) is 32.3. The Hall–Kier alpha value is -4.44. The van der Waals surface area contributed by atoms with Gasteiger partial charge in [-0.1, -0.05) is 42.5 Å². The van der Waals surface area contributed by atoms with E-state index in [1.807, 2.05) is 76.5 Å². The van der Waals surface area contributed by atoms with Crippen molar-refractivity contribution in [1.82, 2.24) is 19.3 Å². The number of benzene rings is 3. The number of hydrogen-bond acceptors (Lipinski definition) is 6. The van der Waals surface area contributed by atoms with Crippen molar-refractivity contribution < 1.29 is 19.1 Å². The number of carbonyl (C=O) groups excluding carboxylic acids is 2. The average molecular weight is 634 g/mol. The number of aryl methyl sites for hydroxylation is 1. The number of morpholine rings is 1. The van der Waals surface area contributed by atoms with Gasteiger partial charge < -0.3 is 23.8 Å². The Morgan fingerprint density at radius 3 is 2.23 bits per heavy atom. The number of para-hydroxylation sites is 1. The number of aromatic nitrogens is 1. The number of rotatable bonds is 7. The minimum atomic E-state index is -0.109. The zero-order valence-electron chi connectivity index (χ0n) is 27.4. The van der Waals surface area contributed by atoms with Gasteiger partial charge in [0, 0.05) is 74.9 Å². The van der Waals surface area contributed by atoms with Crippen molar-refractivity contribution in [3.8, 4) is 16.9 Å². The number of amides is 2. The maximum absolute atomic E-state index is 14.3. The van der Waals surface area contributed by atoms with Crippen molar-refractivity contribution in [3.05, 3.63) is 107 Å². The molecule has 0 aliphatic carbocycles. The fourth-order valence-corrected chi connectivity index (χ4v) is 7.05. The molecule has 3 aliphatic rings. The highest BCUT2D eigenvalue weighted by Crippen LogP contribution is 2.35. The summed E-state index contributed by atoms with van der Waals surface area (Å²) in [6.45, 7) is 11.8. The summed E-state index contributed by atoms with van der Waals surface area (Å²) in [6, 6.07) is 25.8. The zero-order valence-corrected chi connectivity index (χ0v) is 27.4. The highest BCUT2D eigenvalue weighted by molar-refractivity contribution is 6.07. The third-order valence-electron chi connectivity index (χ3n) is 9.85. The van der Waals surface area contributed by atoms with Gasteiger partial charge in [-0.15, -0.1) is 0 Å². The van der Waals surface area contributed by atoms with E-state index >= 15 is 0 Å². The van der Waals surface area contributed by atoms with Gasteiger partial charge in [0.05, 0.1) is 33.4 Å². The molecule has 0 saturated carbocycles. The van der Waals surface area contributed by atoms with Crippen LogP contribution in [0.5, 0.6) is 5.75 Å². The highest BCUT2D eigenvalue weighted by atomic mass is 16.5. The summed E-state index contributed by atoms with van der Waals surface area (Å²) in [5, 5.41) is 0. The molecule has 3 aromatic carbocycles. The minimum absolute atomic E-state index is 0.0536. The molecule has 9 heteroatoms. The largest absolute Gasteiger partial charge is 0.496 e. The maximum atomic E-state index is 14.3. The van der Waals surface area contributed by atoms with Crippen LogP contribution in [0.15, 0.2) is 78.9 Å². The van der Waals surface area contributed by atoms with Gasteiger partial charge in [-0.05, 0) is 60.0 Å². The summed E-state index contributed by atoms with van der Waals surface area (Å²) in [5.41, 5.74) is 7.19. The summed E-state index contributed by atoms with van der Waals surface area (Å²) in [6.07, 6.45) is 0. The van der Waals surface area contributed by atoms with Crippen LogP contribution in [-0.2, 0) is 17.8 Å². The molecule has 3 aliphatic heterocycles. The van der Waals surface area contributed by atoms with Crippen molar-refractivity contribution in [2.24, 2.45) is 0 Å². The first kappa shape index (κ1) is 31.2. The Kier molecular flexibility index (Phi) is 9.11. The molecule has 7 rings (SSSR count). The number of hydrogen-bond donors (Lipinski definition) is 0. The van der Waals surface area contributed by atoms with Gasteiger partial charge in [-0.25, -0.2) is 0 Å². The van der Waals surface area contributed by atoms with Gasteiger partial charge in [0.15, 0.2) is 0 Å². The van der Waals surface area contributed by atoms with Crippen LogP contribution in [0.3, 0.4) is 0 Å². The Labute approximate surface area is 276 Å². The Balaban J connectivity index is 1.09. The number of piperazine rings is 1. The summed E-state index contributed by atoms with van der Waals surface area (Å²) in [4.78, 5) is 36.9. The van der Waals surface area contributed by atoms with E-state index in [-0.39, 0.29) is 11.8 Å². The predicted molar refractivity (Wildman–Crippen MR) is 183 cm³/mol. The standard InChI is InChI=1S/C38H43N5O4/c1-28-7-3-5-9-32(28)33-13-11-29(25-36(33)46-2)37(44)43-27-31-12-14-35(42(31)26-30-8-4-6-10-34(30)43)38(45)41-19-17-39(18-20-41)15-16-40-21-23-47-24-22-40/h3-14,25H,15-24,26-27H2,1-2H3. The lowest BCUT2D eigenvalue weighted by molar-refractivity contribution is 0.0292. The molecule has 244 valence electrons. The van der Waals surface area contributed by atoms with Crippen molar-refractivity contribution in [2.45, 2.75) is 20.0 Å². The molecule has 0 atom stereocenters. The number of ether oxygens (including phenoxy) is 2. The topological polar surface area (TPSA) is 70.5 Å². The molecular formula is C38H43N5O4. The predicted octanol–water partition coefficient (Wildman–Crippen LogP) is 4.77. The first-order valence-corrected chi connectivity index (χ1v) is 16.6. The van der Waals surface area contributed by atoms with E-state index in [1.54, 1.807) is 7.11 Å². The van der Waals surface area contributed by atoms with E-state index < -0.39 is 0 Å². The first-order chi connectivity index (χ1) is 23.0. The number of anilines is 1. The number of nitrogens with zero attached hydrogens (tertiary/aromatic N) is 5. The minimum Gasteiger partial charge on any atom is -0.496 e. The molecule has 2 saturated heterocycles. The SMILES string of the molecule is COc1cc(C(=O)N2Cc3ccc(C(=O)N4CCN(CCN5CCOCC5)CC4)n3Cc3ccccc32)ccc1-c1ccccc1C. The molecule has 47 heavy (non-hydrogen) atoms. The van der Waals surface area contributed by atoms with Crippen LogP contribution in [0.2, 0.25) is 0 Å². The van der Waals surface area contributed by atoms with Crippen LogP contribution in [0.4, 0.5) is 5.69 Å². The fourth-order valence-electron chi connectivity index (χ4n) is 7.05. The molecule has 0 radical (unpaired) electrons. The van der Waals surface area contributed by atoms with Crippen molar-refractivity contribution >= 4 is 17.5 Å². The molecule has 0 spiro atoms. The molecule has 4 heterocycles. The summed E-state index contributed by atoms with van der Waals surface area (Å²) < 4.78 is 13.4. The van der Waals surface area contributed by atoms with E-state index in [2.05, 4.69) is 33.4 Å². The Bertz CT molecular complexity index is 1750. The van der Waals surface area contributed by atoms with Crippen molar-refractivity contribution in [2.75, 3.05) is 77.6 Å². The average Bonchev–Trinajstić information content (AvgIpc) is 3.43. The van der Waals surface area contributed by atoms with E-state index in [9.17, 15) is 9.59 Å². The van der Waals surface area contributed by atoms with E-state index in [1.165, 1.54) is 0 Å². The normalized spacial score (nSPS) is 17.1. The van der Waals surface area contributed by atoms with Crippen molar-refractivity contribution in [1.29, 1.82) is 0 Å². The van der Waals surface area contributed by atoms with E-state index in [0.717, 1.165) is 86.1 Å². The van der Waals surface area contributed by atoms with Gasteiger partial charge in [0.2, 0.25) is 0 Å². The molecule has 2 fully saturated rings. The van der Waals surface area contributed by atoms with Crippen LogP contribution in [-0.4, -0.2) is 104 Å². The summed E-state index contributed by atoms with van der Waals surface area (Å²) >= 11 is 0. The maximum Gasteiger partial charge on any atom is 0.270 e. The van der Waals surface area contributed by atoms with Crippen LogP contribution < -0.4 is 9.64 Å². The third kappa shape index (κ3) is 6.43. The van der Waals surface area contributed by atoms with E-state index in [0.29, 0.717) is 43.2 Å². The third-order valence-corrected chi connectivity index (χ3v) is 9.85. The molecule has 0 bridgehead atoms. The van der Waals surface area contributed by atoms with Crippen LogP contribution in [0.25, 0.3) is 11.1 Å². The first-order valence-electron chi connectivity index (χ1n) is 16.6. The van der Waals surface area contributed by atoms with Gasteiger partial charge in [-0.2, -0.15) is 0 Å². The second kappa shape index (κ2) is 13.7. The molecule has 4 aromatic rings. The van der Waals surface area contributed by atoms with Crippen LogP contribution in [0.1, 0.15) is 37.7 Å². The Morgan fingerprint density at radius 2 is 1.47 bits per heavy atom. The quantitative estimate of drug-likeness (QED) is 0.292. The summed E-state index contributed by atoms with van der Waals surface area (Å²) in [5.74, 6) is 0.603. The molecule has 9 nitrogen and oxygen atoms in total. The second-order valence-corrected chi connectivity index (χ2v) is 12.6. The number of methoxy groups -OCH3 is 1. The van der Waals surface area contributed by atoms with Gasteiger partial charge in [0.25, 0.3) is 11.8 Å². The molecule has 0 N–H and O–H groups in total. The smallest absolute Gasteiger partial charge is 0.270 e. The molecule has 1 aromatic heterocycles. The lowest BCUT2D eigenvalue weighted by Crippen LogP contribution is -2.51. The molecule has 2 amide bonds. The van der Waals surface area contributed by atoms with Gasteiger partial charge in [0.1, 0.15) is 11.4 Å². The molecular weight excluding hydrogens is 590 g/mol. The van der Waals surface area contributed by atoms with Gasteiger partial charge >= 0.3 is 0 Å². The number of fused-ring (bicyclic) bond motifs is 2. The Morgan fingerprint density at radius 1 is 0.745 bits per heavy atom. The number of carbonyl (C=O) groups is 2.